The van der Waals surface area contributed by atoms with E-state index in [-0.39, 0.29) is 0 Å². The number of nitrogens with one attached hydrogen (secondary N) is 1. The van der Waals surface area contributed by atoms with E-state index >= 15 is 0 Å². The molecule has 1 aliphatic carbocycles. The summed E-state index contributed by atoms with van der Waals surface area (Å²) in [4.78, 5) is 0. The molecule has 1 aliphatic heterocycles. The van der Waals surface area contributed by atoms with Crippen LogP contribution in [-0.2, 0) is 13.0 Å². The molecule has 19 heavy (non-hydrogen) atoms. The van der Waals surface area contributed by atoms with Crippen LogP contribution in [0.25, 0.3) is 0 Å². The molecule has 0 spiro atoms. The predicted octanol–water partition coefficient (Wildman–Crippen LogP) is 3.07. The van der Waals surface area contributed by atoms with Gasteiger partial charge in [-0.25, -0.2) is 0 Å². The molecule has 0 amide bonds. The van der Waals surface area contributed by atoms with Crippen LogP contribution in [0.3, 0.4) is 0 Å². The minimum atomic E-state index is 0.371. The van der Waals surface area contributed by atoms with Gasteiger partial charge in [-0.15, -0.1) is 0 Å². The third-order valence-corrected chi connectivity index (χ3v) is 4.92. The molecular weight excluding hydrogens is 234 g/mol. The average molecular weight is 261 g/mol. The Hall–Kier alpha value is -0.830. The molecule has 1 aromatic heterocycles. The minimum Gasteiger partial charge on any atom is -0.311 e. The van der Waals surface area contributed by atoms with Crippen LogP contribution in [0, 0.1) is 12.8 Å². The largest absolute Gasteiger partial charge is 0.311 e. The van der Waals surface area contributed by atoms with Crippen LogP contribution in [0.5, 0.6) is 0 Å². The van der Waals surface area contributed by atoms with E-state index in [0.29, 0.717) is 5.54 Å². The smallest absolute Gasteiger partial charge is 0.0596 e. The lowest BCUT2D eigenvalue weighted by molar-refractivity contribution is 0.265. The highest BCUT2D eigenvalue weighted by atomic mass is 15.3. The van der Waals surface area contributed by atoms with Crippen LogP contribution in [0.4, 0.5) is 0 Å². The normalized spacial score (nSPS) is 28.3. The quantitative estimate of drug-likeness (QED) is 0.902. The van der Waals surface area contributed by atoms with Gasteiger partial charge in [0.1, 0.15) is 0 Å². The van der Waals surface area contributed by atoms with Crippen molar-refractivity contribution in [3.05, 3.63) is 17.5 Å². The summed E-state index contributed by atoms with van der Waals surface area (Å²) in [7, 11) is 0. The zero-order valence-corrected chi connectivity index (χ0v) is 12.4. The zero-order chi connectivity index (χ0) is 13.3. The highest BCUT2D eigenvalue weighted by Crippen LogP contribution is 2.45. The second-order valence-electron chi connectivity index (χ2n) is 6.44. The topological polar surface area (TPSA) is 29.9 Å². The van der Waals surface area contributed by atoms with Gasteiger partial charge in [-0.2, -0.15) is 5.10 Å². The standard InChI is InChI=1S/C16H27N3/c1-3-19-15(11-13(2)18-19)12-16(14-7-8-14)9-5-4-6-10-17-16/h11,14,17H,3-10,12H2,1-2H3. The third-order valence-electron chi connectivity index (χ3n) is 4.92. The first kappa shape index (κ1) is 13.2. The van der Waals surface area contributed by atoms with E-state index < -0.39 is 0 Å². The molecule has 2 aliphatic rings. The van der Waals surface area contributed by atoms with Crippen LogP contribution < -0.4 is 5.32 Å². The van der Waals surface area contributed by atoms with Gasteiger partial charge in [0.05, 0.1) is 5.69 Å². The molecule has 1 unspecified atom stereocenters. The van der Waals surface area contributed by atoms with Crippen molar-refractivity contribution >= 4 is 0 Å². The van der Waals surface area contributed by atoms with E-state index in [2.05, 4.69) is 35.0 Å². The molecule has 0 radical (unpaired) electrons. The number of aryl methyl sites for hydroxylation is 2. The molecule has 1 saturated carbocycles. The summed E-state index contributed by atoms with van der Waals surface area (Å²) in [6.07, 6.45) is 9.51. The van der Waals surface area contributed by atoms with E-state index in [1.54, 1.807) is 0 Å². The molecule has 2 heterocycles. The Balaban J connectivity index is 1.84. The minimum absolute atomic E-state index is 0.371. The maximum Gasteiger partial charge on any atom is 0.0596 e. The summed E-state index contributed by atoms with van der Waals surface area (Å²) in [5.41, 5.74) is 2.97. The van der Waals surface area contributed by atoms with Gasteiger partial charge in [0.15, 0.2) is 0 Å². The Morgan fingerprint density at radius 3 is 2.95 bits per heavy atom. The van der Waals surface area contributed by atoms with Crippen molar-refractivity contribution in [3.8, 4) is 0 Å². The molecular formula is C16H27N3. The fourth-order valence-corrected chi connectivity index (χ4v) is 3.79. The summed E-state index contributed by atoms with van der Waals surface area (Å²) < 4.78 is 2.20. The number of rotatable bonds is 4. The molecule has 1 saturated heterocycles. The van der Waals surface area contributed by atoms with E-state index in [0.717, 1.165) is 18.2 Å². The van der Waals surface area contributed by atoms with Crippen molar-refractivity contribution in [3.63, 3.8) is 0 Å². The fourth-order valence-electron chi connectivity index (χ4n) is 3.79. The Morgan fingerprint density at radius 2 is 2.21 bits per heavy atom. The van der Waals surface area contributed by atoms with E-state index in [1.165, 1.54) is 57.2 Å². The van der Waals surface area contributed by atoms with Gasteiger partial charge < -0.3 is 5.32 Å². The summed E-state index contributed by atoms with van der Waals surface area (Å²) in [5, 5.41) is 8.54. The average Bonchev–Trinajstić information content (AvgIpc) is 3.19. The van der Waals surface area contributed by atoms with E-state index in [1.807, 2.05) is 0 Å². The lowest BCUT2D eigenvalue weighted by Gasteiger charge is -2.34. The molecule has 0 aromatic carbocycles. The van der Waals surface area contributed by atoms with Crippen LogP contribution in [0.15, 0.2) is 6.07 Å². The van der Waals surface area contributed by atoms with Gasteiger partial charge in [-0.05, 0) is 58.1 Å². The molecule has 3 nitrogen and oxygen atoms in total. The lowest BCUT2D eigenvalue weighted by atomic mass is 9.83. The number of hydrogen-bond donors (Lipinski definition) is 1. The number of aromatic nitrogens is 2. The summed E-state index contributed by atoms with van der Waals surface area (Å²) in [6, 6.07) is 2.29. The second-order valence-corrected chi connectivity index (χ2v) is 6.44. The molecule has 1 atom stereocenters. The molecule has 2 fully saturated rings. The van der Waals surface area contributed by atoms with Crippen molar-refractivity contribution in [2.75, 3.05) is 6.54 Å². The van der Waals surface area contributed by atoms with Crippen LogP contribution in [0.2, 0.25) is 0 Å². The molecule has 1 N–H and O–H groups in total. The first-order valence-corrected chi connectivity index (χ1v) is 8.02. The van der Waals surface area contributed by atoms with E-state index in [4.69, 9.17) is 0 Å². The summed E-state index contributed by atoms with van der Waals surface area (Å²) >= 11 is 0. The second kappa shape index (κ2) is 5.28. The van der Waals surface area contributed by atoms with Crippen molar-refractivity contribution in [1.29, 1.82) is 0 Å². The number of nitrogens with zero attached hydrogens (tertiary/aromatic N) is 2. The predicted molar refractivity (Wildman–Crippen MR) is 78.3 cm³/mol. The van der Waals surface area contributed by atoms with Crippen molar-refractivity contribution < 1.29 is 0 Å². The van der Waals surface area contributed by atoms with E-state index in [9.17, 15) is 0 Å². The highest BCUT2D eigenvalue weighted by molar-refractivity contribution is 5.16. The van der Waals surface area contributed by atoms with Gasteiger partial charge in [0, 0.05) is 24.2 Å². The Bertz CT molecular complexity index is 423. The monoisotopic (exact) mass is 261 g/mol. The molecule has 106 valence electrons. The first-order valence-electron chi connectivity index (χ1n) is 8.02. The highest BCUT2D eigenvalue weighted by Gasteiger charge is 2.45. The van der Waals surface area contributed by atoms with Crippen LogP contribution in [-0.4, -0.2) is 21.9 Å². The maximum absolute atomic E-state index is 4.62. The maximum atomic E-state index is 4.62. The van der Waals surface area contributed by atoms with Crippen molar-refractivity contribution in [2.24, 2.45) is 5.92 Å². The Morgan fingerprint density at radius 1 is 1.37 bits per heavy atom. The molecule has 3 heteroatoms. The fraction of sp³-hybridized carbons (Fsp3) is 0.812. The van der Waals surface area contributed by atoms with Gasteiger partial charge in [0.2, 0.25) is 0 Å². The molecule has 0 bridgehead atoms. The Kier molecular flexibility index (Phi) is 3.66. The summed E-state index contributed by atoms with van der Waals surface area (Å²) in [6.45, 7) is 6.50. The SMILES string of the molecule is CCn1nc(C)cc1CC1(C2CC2)CCCCCN1. The van der Waals surface area contributed by atoms with Gasteiger partial charge in [0.25, 0.3) is 0 Å². The number of hydrogen-bond acceptors (Lipinski definition) is 2. The molecule has 3 rings (SSSR count). The Labute approximate surface area is 116 Å². The van der Waals surface area contributed by atoms with Crippen molar-refractivity contribution in [1.82, 2.24) is 15.1 Å². The van der Waals surface area contributed by atoms with Crippen LogP contribution in [0.1, 0.15) is 56.8 Å². The summed E-state index contributed by atoms with van der Waals surface area (Å²) in [5.74, 6) is 0.908. The first-order chi connectivity index (χ1) is 9.23. The molecule has 1 aromatic rings. The van der Waals surface area contributed by atoms with Gasteiger partial charge in [-0.3, -0.25) is 4.68 Å². The van der Waals surface area contributed by atoms with Crippen molar-refractivity contribution in [2.45, 2.75) is 70.9 Å². The van der Waals surface area contributed by atoms with Gasteiger partial charge >= 0.3 is 0 Å². The zero-order valence-electron chi connectivity index (χ0n) is 12.4. The van der Waals surface area contributed by atoms with Gasteiger partial charge in [-0.1, -0.05) is 12.8 Å². The van der Waals surface area contributed by atoms with Crippen LogP contribution >= 0.6 is 0 Å². The third kappa shape index (κ3) is 2.71. The lowest BCUT2D eigenvalue weighted by Crippen LogP contribution is -2.49.